The van der Waals surface area contributed by atoms with Gasteiger partial charge in [-0.2, -0.15) is 0 Å². The Bertz CT molecular complexity index is 611. The number of rotatable bonds is 20. The number of unbranched alkanes of at least 4 members (excludes halogenated alkanes) is 15. The van der Waals surface area contributed by atoms with Crippen molar-refractivity contribution < 1.29 is 9.59 Å². The first-order chi connectivity index (χ1) is 18.0. The lowest BCUT2D eigenvalue weighted by molar-refractivity contribution is -0.121. The van der Waals surface area contributed by atoms with Gasteiger partial charge in [0, 0.05) is 6.54 Å². The molecule has 2 rings (SSSR count). The Kier molecular flexibility index (Phi) is 17.3. The second-order valence-electron chi connectivity index (χ2n) is 12.6. The fourth-order valence-corrected chi connectivity index (χ4v) is 6.74. The third-order valence-electron chi connectivity index (χ3n) is 8.88. The van der Waals surface area contributed by atoms with Crippen LogP contribution in [0.1, 0.15) is 149 Å². The van der Waals surface area contributed by atoms with Crippen molar-refractivity contribution in [3.05, 3.63) is 0 Å². The molecule has 1 aliphatic carbocycles. The number of hydrogen-bond acceptors (Lipinski definition) is 3. The Morgan fingerprint density at radius 1 is 0.757 bits per heavy atom. The Labute approximate surface area is 229 Å². The Hall–Kier alpha value is -1.10. The highest BCUT2D eigenvalue weighted by molar-refractivity contribution is 6.04. The summed E-state index contributed by atoms with van der Waals surface area (Å²) in [7, 11) is 2.27. The van der Waals surface area contributed by atoms with Crippen LogP contribution in [0.3, 0.4) is 0 Å². The number of urea groups is 1. The van der Waals surface area contributed by atoms with E-state index in [9.17, 15) is 9.59 Å². The molecule has 4 unspecified atom stereocenters. The summed E-state index contributed by atoms with van der Waals surface area (Å²) in [5.41, 5.74) is 0. The molecule has 0 aromatic rings. The highest BCUT2D eigenvalue weighted by Crippen LogP contribution is 2.33. The molecular weight excluding hydrogens is 458 g/mol. The van der Waals surface area contributed by atoms with Gasteiger partial charge < -0.3 is 10.2 Å². The standard InChI is InChI=1S/C32H61N3O2/c1-4-5-6-7-8-9-10-11-12-13-14-15-16-17-18-19-23-35(3)26-28-24-27(2)21-20-22-29(25-28)30-31(36)34-32(37)33-30/h27-30H,4-26H2,1-3H3,(H2,33,34,36,37). The third-order valence-corrected chi connectivity index (χ3v) is 8.88. The smallest absolute Gasteiger partial charge is 0.322 e. The molecule has 1 saturated carbocycles. The van der Waals surface area contributed by atoms with Gasteiger partial charge in [0.1, 0.15) is 6.04 Å². The molecule has 0 radical (unpaired) electrons. The van der Waals surface area contributed by atoms with Crippen molar-refractivity contribution in [1.29, 1.82) is 0 Å². The molecule has 37 heavy (non-hydrogen) atoms. The van der Waals surface area contributed by atoms with Gasteiger partial charge in [0.25, 0.3) is 5.91 Å². The van der Waals surface area contributed by atoms with Crippen LogP contribution in [0.4, 0.5) is 4.79 Å². The summed E-state index contributed by atoms with van der Waals surface area (Å²) in [6.07, 6.45) is 28.3. The van der Waals surface area contributed by atoms with Crippen molar-refractivity contribution >= 4 is 11.9 Å². The molecule has 0 aromatic carbocycles. The van der Waals surface area contributed by atoms with E-state index in [1.165, 1.54) is 122 Å². The van der Waals surface area contributed by atoms with Gasteiger partial charge in [-0.3, -0.25) is 10.1 Å². The van der Waals surface area contributed by atoms with E-state index in [4.69, 9.17) is 0 Å². The molecule has 1 saturated heterocycles. The number of nitrogens with zero attached hydrogens (tertiary/aromatic N) is 1. The van der Waals surface area contributed by atoms with Crippen LogP contribution in [0.25, 0.3) is 0 Å². The quantitative estimate of drug-likeness (QED) is 0.126. The van der Waals surface area contributed by atoms with E-state index in [1.807, 2.05) is 0 Å². The Morgan fingerprint density at radius 2 is 1.30 bits per heavy atom. The van der Waals surface area contributed by atoms with Gasteiger partial charge in [0.2, 0.25) is 0 Å². The van der Waals surface area contributed by atoms with E-state index < -0.39 is 0 Å². The van der Waals surface area contributed by atoms with Crippen molar-refractivity contribution in [1.82, 2.24) is 15.5 Å². The second-order valence-corrected chi connectivity index (χ2v) is 12.6. The van der Waals surface area contributed by atoms with Gasteiger partial charge in [-0.15, -0.1) is 0 Å². The third kappa shape index (κ3) is 14.6. The van der Waals surface area contributed by atoms with Crippen molar-refractivity contribution in [2.24, 2.45) is 17.8 Å². The van der Waals surface area contributed by atoms with Crippen molar-refractivity contribution in [3.63, 3.8) is 0 Å². The summed E-state index contributed by atoms with van der Waals surface area (Å²) < 4.78 is 0. The number of carbonyl (C=O) groups is 2. The van der Waals surface area contributed by atoms with Gasteiger partial charge in [-0.05, 0) is 57.0 Å². The SMILES string of the molecule is CCCCCCCCCCCCCCCCCCN(C)CC1CC(C)CCCC(C2NC(=O)NC2=O)C1. The number of nitrogens with one attached hydrogen (secondary N) is 2. The molecule has 1 heterocycles. The molecule has 0 bridgehead atoms. The lowest BCUT2D eigenvalue weighted by Crippen LogP contribution is -2.40. The van der Waals surface area contributed by atoms with Crippen LogP contribution in [0.5, 0.6) is 0 Å². The average Bonchev–Trinajstić information content (AvgIpc) is 3.19. The zero-order valence-corrected chi connectivity index (χ0v) is 24.8. The average molecular weight is 520 g/mol. The van der Waals surface area contributed by atoms with E-state index in [0.29, 0.717) is 5.92 Å². The molecule has 0 spiro atoms. The second kappa shape index (κ2) is 19.9. The van der Waals surface area contributed by atoms with Crippen molar-refractivity contribution in [2.75, 3.05) is 20.1 Å². The van der Waals surface area contributed by atoms with E-state index >= 15 is 0 Å². The number of amides is 3. The van der Waals surface area contributed by atoms with Crippen LogP contribution < -0.4 is 10.6 Å². The first-order valence-corrected chi connectivity index (χ1v) is 16.3. The summed E-state index contributed by atoms with van der Waals surface area (Å²) in [5, 5.41) is 5.32. The van der Waals surface area contributed by atoms with E-state index in [0.717, 1.165) is 31.7 Å². The topological polar surface area (TPSA) is 61.4 Å². The maximum Gasteiger partial charge on any atom is 0.322 e. The van der Waals surface area contributed by atoms with Crippen LogP contribution in [-0.2, 0) is 4.79 Å². The molecule has 2 N–H and O–H groups in total. The van der Waals surface area contributed by atoms with Crippen LogP contribution in [0, 0.1) is 17.8 Å². The zero-order valence-electron chi connectivity index (χ0n) is 24.8. The number of imide groups is 1. The normalized spacial score (nSPS) is 24.6. The minimum absolute atomic E-state index is 0.121. The molecule has 2 fully saturated rings. The summed E-state index contributed by atoms with van der Waals surface area (Å²) in [6.45, 7) is 6.96. The Morgan fingerprint density at radius 3 is 1.81 bits per heavy atom. The summed E-state index contributed by atoms with van der Waals surface area (Å²) in [6, 6.07) is -0.642. The lowest BCUT2D eigenvalue weighted by atomic mass is 9.77. The van der Waals surface area contributed by atoms with Gasteiger partial charge in [0.05, 0.1) is 0 Å². The van der Waals surface area contributed by atoms with Crippen molar-refractivity contribution in [3.8, 4) is 0 Å². The highest BCUT2D eigenvalue weighted by Gasteiger charge is 2.37. The molecule has 3 amide bonds. The maximum atomic E-state index is 12.2. The summed E-state index contributed by atoms with van der Waals surface area (Å²) in [5.74, 6) is 1.51. The zero-order chi connectivity index (χ0) is 26.7. The monoisotopic (exact) mass is 519 g/mol. The minimum Gasteiger partial charge on any atom is -0.326 e. The number of hydrogen-bond donors (Lipinski definition) is 2. The molecular formula is C32H61N3O2. The highest BCUT2D eigenvalue weighted by atomic mass is 16.2. The predicted molar refractivity (Wildman–Crippen MR) is 157 cm³/mol. The minimum atomic E-state index is -0.325. The first kappa shape index (κ1) is 32.1. The molecule has 4 atom stereocenters. The molecule has 5 nitrogen and oxygen atoms in total. The van der Waals surface area contributed by atoms with Gasteiger partial charge in [-0.25, -0.2) is 4.79 Å². The van der Waals surface area contributed by atoms with E-state index in [-0.39, 0.29) is 23.9 Å². The van der Waals surface area contributed by atoms with E-state index in [2.05, 4.69) is 36.4 Å². The van der Waals surface area contributed by atoms with Gasteiger partial charge in [0.15, 0.2) is 0 Å². The fraction of sp³-hybridized carbons (Fsp3) is 0.938. The molecule has 2 aliphatic rings. The molecule has 1 aliphatic heterocycles. The fourth-order valence-electron chi connectivity index (χ4n) is 6.74. The van der Waals surface area contributed by atoms with Crippen LogP contribution in [0.2, 0.25) is 0 Å². The predicted octanol–water partition coefficient (Wildman–Crippen LogP) is 8.22. The maximum absolute atomic E-state index is 12.2. The van der Waals surface area contributed by atoms with Gasteiger partial charge >= 0.3 is 6.03 Å². The molecule has 5 heteroatoms. The van der Waals surface area contributed by atoms with E-state index in [1.54, 1.807) is 0 Å². The van der Waals surface area contributed by atoms with Crippen LogP contribution in [0.15, 0.2) is 0 Å². The number of carbonyl (C=O) groups excluding carboxylic acids is 2. The summed E-state index contributed by atoms with van der Waals surface area (Å²) >= 11 is 0. The molecule has 216 valence electrons. The summed E-state index contributed by atoms with van der Waals surface area (Å²) in [4.78, 5) is 26.4. The first-order valence-electron chi connectivity index (χ1n) is 16.3. The van der Waals surface area contributed by atoms with Crippen LogP contribution >= 0.6 is 0 Å². The van der Waals surface area contributed by atoms with Crippen LogP contribution in [-0.4, -0.2) is 43.0 Å². The molecule has 0 aromatic heterocycles. The Balaban J connectivity index is 1.48. The van der Waals surface area contributed by atoms with Crippen molar-refractivity contribution in [2.45, 2.75) is 155 Å². The van der Waals surface area contributed by atoms with Gasteiger partial charge in [-0.1, -0.05) is 123 Å². The largest absolute Gasteiger partial charge is 0.326 e. The lowest BCUT2D eigenvalue weighted by Gasteiger charge is -2.33.